The Hall–Kier alpha value is -1.97. The minimum atomic E-state index is -3.57. The van der Waals surface area contributed by atoms with Crippen LogP contribution in [0.4, 0.5) is 4.79 Å². The SMILES string of the molecule is Cc1cc(C)c(S(=O)(=O)N2CCN(CC(=O)N3CCNC3=O)CC2)c(C)c1. The number of benzene rings is 1. The molecule has 0 unspecified atom stereocenters. The molecular formula is C18H26N4O4S. The van der Waals surface area contributed by atoms with Crippen molar-refractivity contribution >= 4 is 22.0 Å². The Morgan fingerprint density at radius 3 is 2.15 bits per heavy atom. The first kappa shape index (κ1) is 19.8. The average Bonchev–Trinajstić information content (AvgIpc) is 3.00. The fourth-order valence-electron chi connectivity index (χ4n) is 3.82. The van der Waals surface area contributed by atoms with Gasteiger partial charge in [-0.1, -0.05) is 17.7 Å². The predicted octanol–water partition coefficient (Wildman–Crippen LogP) is 0.470. The van der Waals surface area contributed by atoms with Gasteiger partial charge >= 0.3 is 6.03 Å². The van der Waals surface area contributed by atoms with E-state index in [-0.39, 0.29) is 18.5 Å². The molecular weight excluding hydrogens is 368 g/mol. The summed E-state index contributed by atoms with van der Waals surface area (Å²) in [4.78, 5) is 27.3. The quantitative estimate of drug-likeness (QED) is 0.802. The van der Waals surface area contributed by atoms with Gasteiger partial charge < -0.3 is 5.32 Å². The molecule has 3 rings (SSSR count). The fraction of sp³-hybridized carbons (Fsp3) is 0.556. The smallest absolute Gasteiger partial charge is 0.324 e. The Morgan fingerprint density at radius 2 is 1.63 bits per heavy atom. The molecule has 9 heteroatoms. The minimum absolute atomic E-state index is 0.129. The van der Waals surface area contributed by atoms with Gasteiger partial charge in [0.2, 0.25) is 15.9 Å². The maximum absolute atomic E-state index is 13.1. The molecule has 1 aromatic rings. The summed E-state index contributed by atoms with van der Waals surface area (Å²) < 4.78 is 27.7. The zero-order valence-electron chi connectivity index (χ0n) is 16.0. The van der Waals surface area contributed by atoms with Crippen LogP contribution < -0.4 is 5.32 Å². The molecule has 3 amide bonds. The van der Waals surface area contributed by atoms with Crippen LogP contribution in [0.1, 0.15) is 16.7 Å². The number of rotatable bonds is 4. The molecule has 0 aliphatic carbocycles. The molecule has 2 heterocycles. The maximum Gasteiger partial charge on any atom is 0.324 e. The van der Waals surface area contributed by atoms with E-state index in [1.54, 1.807) is 0 Å². The van der Waals surface area contributed by atoms with Gasteiger partial charge in [-0.05, 0) is 31.9 Å². The first-order valence-electron chi connectivity index (χ1n) is 9.08. The Balaban J connectivity index is 1.65. The molecule has 2 aliphatic heterocycles. The normalized spacial score (nSPS) is 19.4. The standard InChI is InChI=1S/C18H26N4O4S/c1-13-10-14(2)17(15(3)11-13)27(25,26)21-8-6-20(7-9-21)12-16(23)22-5-4-19-18(22)24/h10-11H,4-9,12H2,1-3H3,(H,19,24). The third-order valence-corrected chi connectivity index (χ3v) is 7.26. The number of nitrogens with zero attached hydrogens (tertiary/aromatic N) is 3. The van der Waals surface area contributed by atoms with Crippen molar-refractivity contribution < 1.29 is 18.0 Å². The van der Waals surface area contributed by atoms with Gasteiger partial charge in [0, 0.05) is 39.3 Å². The third-order valence-electron chi connectivity index (χ3n) is 5.05. The molecule has 148 valence electrons. The number of imide groups is 1. The zero-order chi connectivity index (χ0) is 19.8. The topological polar surface area (TPSA) is 90.0 Å². The molecule has 0 aromatic heterocycles. The number of carbonyl (C=O) groups excluding carboxylic acids is 2. The summed E-state index contributed by atoms with van der Waals surface area (Å²) >= 11 is 0. The maximum atomic E-state index is 13.1. The Bertz CT molecular complexity index is 837. The van der Waals surface area contributed by atoms with E-state index >= 15 is 0 Å². The largest absolute Gasteiger partial charge is 0.336 e. The van der Waals surface area contributed by atoms with Crippen LogP contribution in [0.5, 0.6) is 0 Å². The lowest BCUT2D eigenvalue weighted by Gasteiger charge is -2.34. The highest BCUT2D eigenvalue weighted by molar-refractivity contribution is 7.89. The van der Waals surface area contributed by atoms with Crippen molar-refractivity contribution in [2.45, 2.75) is 25.7 Å². The van der Waals surface area contributed by atoms with E-state index in [0.717, 1.165) is 16.7 Å². The van der Waals surface area contributed by atoms with Crippen LogP contribution in [-0.4, -0.2) is 80.3 Å². The number of carbonyl (C=O) groups is 2. The number of amides is 3. The fourth-order valence-corrected chi connectivity index (χ4v) is 5.65. The molecule has 0 bridgehead atoms. The van der Waals surface area contributed by atoms with E-state index in [2.05, 4.69) is 5.32 Å². The average molecular weight is 394 g/mol. The molecule has 0 saturated carbocycles. The van der Waals surface area contributed by atoms with Crippen LogP contribution in [0.2, 0.25) is 0 Å². The second-order valence-corrected chi connectivity index (χ2v) is 9.06. The van der Waals surface area contributed by atoms with Gasteiger partial charge in [-0.25, -0.2) is 13.2 Å². The lowest BCUT2D eigenvalue weighted by atomic mass is 10.1. The van der Waals surface area contributed by atoms with Crippen molar-refractivity contribution in [3.05, 3.63) is 28.8 Å². The molecule has 0 spiro atoms. The number of hydrogen-bond donors (Lipinski definition) is 1. The van der Waals surface area contributed by atoms with Crippen LogP contribution in [0, 0.1) is 20.8 Å². The van der Waals surface area contributed by atoms with Crippen LogP contribution in [-0.2, 0) is 14.8 Å². The van der Waals surface area contributed by atoms with Crippen molar-refractivity contribution in [2.75, 3.05) is 45.8 Å². The number of urea groups is 1. The first-order valence-corrected chi connectivity index (χ1v) is 10.5. The summed E-state index contributed by atoms with van der Waals surface area (Å²) in [6.45, 7) is 8.17. The van der Waals surface area contributed by atoms with Crippen LogP contribution >= 0.6 is 0 Å². The van der Waals surface area contributed by atoms with Crippen LogP contribution in [0.25, 0.3) is 0 Å². The summed E-state index contributed by atoms with van der Waals surface area (Å²) in [5.41, 5.74) is 2.55. The van der Waals surface area contributed by atoms with Crippen LogP contribution in [0.15, 0.2) is 17.0 Å². The minimum Gasteiger partial charge on any atom is -0.336 e. The highest BCUT2D eigenvalue weighted by Gasteiger charge is 2.33. The monoisotopic (exact) mass is 394 g/mol. The summed E-state index contributed by atoms with van der Waals surface area (Å²) in [5.74, 6) is -0.244. The van der Waals surface area contributed by atoms with Crippen molar-refractivity contribution in [2.24, 2.45) is 0 Å². The zero-order valence-corrected chi connectivity index (χ0v) is 16.8. The Morgan fingerprint density at radius 1 is 1.04 bits per heavy atom. The van der Waals surface area contributed by atoms with Gasteiger partial charge in [0.25, 0.3) is 0 Å². The summed E-state index contributed by atoms with van der Waals surface area (Å²) in [6.07, 6.45) is 0. The van der Waals surface area contributed by atoms with Gasteiger partial charge in [-0.15, -0.1) is 0 Å². The van der Waals surface area contributed by atoms with Gasteiger partial charge in [0.05, 0.1) is 11.4 Å². The van der Waals surface area contributed by atoms with Gasteiger partial charge in [-0.2, -0.15) is 4.31 Å². The predicted molar refractivity (Wildman–Crippen MR) is 101 cm³/mol. The summed E-state index contributed by atoms with van der Waals surface area (Å²) in [5, 5.41) is 2.61. The molecule has 2 aliphatic rings. The van der Waals surface area contributed by atoms with Gasteiger partial charge in [0.1, 0.15) is 0 Å². The van der Waals surface area contributed by atoms with Crippen molar-refractivity contribution in [1.82, 2.24) is 19.4 Å². The molecule has 8 nitrogen and oxygen atoms in total. The Labute approximate surface area is 160 Å². The summed E-state index contributed by atoms with van der Waals surface area (Å²) in [7, 11) is -3.57. The van der Waals surface area contributed by atoms with E-state index in [4.69, 9.17) is 0 Å². The molecule has 1 aromatic carbocycles. The highest BCUT2D eigenvalue weighted by atomic mass is 32.2. The van der Waals surface area contributed by atoms with Gasteiger partial charge in [-0.3, -0.25) is 14.6 Å². The molecule has 0 radical (unpaired) electrons. The third kappa shape index (κ3) is 3.99. The number of aryl methyl sites for hydroxylation is 3. The van der Waals surface area contributed by atoms with E-state index < -0.39 is 10.0 Å². The first-order chi connectivity index (χ1) is 12.7. The molecule has 2 saturated heterocycles. The van der Waals surface area contributed by atoms with Crippen molar-refractivity contribution in [1.29, 1.82) is 0 Å². The Kier molecular flexibility index (Phi) is 5.55. The lowest BCUT2D eigenvalue weighted by Crippen LogP contribution is -2.51. The highest BCUT2D eigenvalue weighted by Crippen LogP contribution is 2.26. The van der Waals surface area contributed by atoms with E-state index in [9.17, 15) is 18.0 Å². The number of piperazine rings is 1. The molecule has 1 N–H and O–H groups in total. The summed E-state index contributed by atoms with van der Waals surface area (Å²) in [6, 6.07) is 3.41. The second kappa shape index (κ2) is 7.57. The second-order valence-electron chi connectivity index (χ2n) is 7.19. The molecule has 27 heavy (non-hydrogen) atoms. The van der Waals surface area contributed by atoms with Gasteiger partial charge in [0.15, 0.2) is 0 Å². The van der Waals surface area contributed by atoms with Crippen molar-refractivity contribution in [3.63, 3.8) is 0 Å². The lowest BCUT2D eigenvalue weighted by molar-refractivity contribution is -0.129. The van der Waals surface area contributed by atoms with E-state index in [1.165, 1.54) is 9.21 Å². The molecule has 0 atom stereocenters. The van der Waals surface area contributed by atoms with E-state index in [0.29, 0.717) is 44.2 Å². The van der Waals surface area contributed by atoms with Crippen molar-refractivity contribution in [3.8, 4) is 0 Å². The number of hydrogen-bond acceptors (Lipinski definition) is 5. The van der Waals surface area contributed by atoms with Crippen LogP contribution in [0.3, 0.4) is 0 Å². The molecule has 2 fully saturated rings. The van der Waals surface area contributed by atoms with E-state index in [1.807, 2.05) is 37.8 Å². The number of nitrogens with one attached hydrogen (secondary N) is 1. The number of sulfonamides is 1.